The number of carbonyl (C=O) groups is 1. The summed E-state index contributed by atoms with van der Waals surface area (Å²) in [7, 11) is 0. The first-order valence-corrected chi connectivity index (χ1v) is 3.45. The molecule has 0 rings (SSSR count). The van der Waals surface area contributed by atoms with Crippen molar-refractivity contribution in [2.24, 2.45) is 5.73 Å². The fourth-order valence-corrected chi connectivity index (χ4v) is 0.736. The minimum atomic E-state index is -0.989. The van der Waals surface area contributed by atoms with Gasteiger partial charge in [0.25, 0.3) is 0 Å². The van der Waals surface area contributed by atoms with E-state index in [1.54, 1.807) is 0 Å². The van der Waals surface area contributed by atoms with E-state index in [-0.39, 0.29) is 6.54 Å². The van der Waals surface area contributed by atoms with Gasteiger partial charge in [-0.25, -0.2) is 0 Å². The summed E-state index contributed by atoms with van der Waals surface area (Å²) in [5.41, 5.74) is 5.16. The lowest BCUT2D eigenvalue weighted by Gasteiger charge is -2.14. The molecule has 0 saturated carbocycles. The van der Waals surface area contributed by atoms with Crippen molar-refractivity contribution in [1.82, 2.24) is 5.32 Å². The maximum absolute atomic E-state index is 10.4. The Hall–Kier alpha value is -0.650. The molecule has 11 heavy (non-hydrogen) atoms. The van der Waals surface area contributed by atoms with Gasteiger partial charge in [-0.15, -0.1) is 0 Å². The Morgan fingerprint density at radius 3 is 2.55 bits per heavy atom. The molecular weight excluding hydrogens is 148 g/mol. The van der Waals surface area contributed by atoms with Gasteiger partial charge in [-0.05, 0) is 19.9 Å². The lowest BCUT2D eigenvalue weighted by Crippen LogP contribution is -2.43. The van der Waals surface area contributed by atoms with Crippen LogP contribution in [0.4, 0.5) is 0 Å². The molecular formula is C6H14N2O3. The molecule has 66 valence electrons. The molecule has 0 spiro atoms. The summed E-state index contributed by atoms with van der Waals surface area (Å²) in [5, 5.41) is 19.8. The molecule has 5 heteroatoms. The van der Waals surface area contributed by atoms with Crippen LogP contribution in [-0.2, 0) is 4.79 Å². The van der Waals surface area contributed by atoms with Gasteiger partial charge >= 0.3 is 5.97 Å². The van der Waals surface area contributed by atoms with E-state index >= 15 is 0 Å². The third-order valence-corrected chi connectivity index (χ3v) is 1.20. The van der Waals surface area contributed by atoms with Crippen molar-refractivity contribution in [3.8, 4) is 0 Å². The molecule has 0 heterocycles. The van der Waals surface area contributed by atoms with E-state index in [1.165, 1.54) is 6.92 Å². The van der Waals surface area contributed by atoms with Crippen LogP contribution in [0.5, 0.6) is 0 Å². The normalized spacial score (nSPS) is 15.9. The SMILES string of the molecule is C[C@H](O)N[C@H](CCN)C(=O)O. The molecule has 0 saturated heterocycles. The molecule has 2 atom stereocenters. The summed E-state index contributed by atoms with van der Waals surface area (Å²) in [6.07, 6.45) is -0.497. The van der Waals surface area contributed by atoms with Crippen molar-refractivity contribution in [2.75, 3.05) is 6.54 Å². The average Bonchev–Trinajstić information content (AvgIpc) is 1.86. The smallest absolute Gasteiger partial charge is 0.320 e. The summed E-state index contributed by atoms with van der Waals surface area (Å²) < 4.78 is 0. The van der Waals surface area contributed by atoms with Crippen molar-refractivity contribution < 1.29 is 15.0 Å². The van der Waals surface area contributed by atoms with E-state index in [9.17, 15) is 4.79 Å². The second kappa shape index (κ2) is 5.06. The van der Waals surface area contributed by atoms with E-state index < -0.39 is 18.2 Å². The molecule has 0 aliphatic rings. The Kier molecular flexibility index (Phi) is 4.76. The minimum absolute atomic E-state index is 0.288. The van der Waals surface area contributed by atoms with E-state index in [2.05, 4.69) is 5.32 Å². The van der Waals surface area contributed by atoms with E-state index in [0.717, 1.165) is 0 Å². The number of carboxylic acid groups (broad SMARTS) is 1. The molecule has 0 aromatic heterocycles. The van der Waals surface area contributed by atoms with Gasteiger partial charge in [0, 0.05) is 0 Å². The van der Waals surface area contributed by atoms with Gasteiger partial charge in [0.15, 0.2) is 0 Å². The number of rotatable bonds is 5. The predicted octanol–water partition coefficient (Wildman–Crippen LogP) is -1.28. The van der Waals surface area contributed by atoms with Crippen molar-refractivity contribution in [2.45, 2.75) is 25.6 Å². The zero-order chi connectivity index (χ0) is 8.85. The lowest BCUT2D eigenvalue weighted by atomic mass is 10.2. The van der Waals surface area contributed by atoms with Gasteiger partial charge in [-0.1, -0.05) is 0 Å². The number of carboxylic acids is 1. The van der Waals surface area contributed by atoms with Crippen LogP contribution in [-0.4, -0.2) is 35.0 Å². The number of aliphatic carboxylic acids is 1. The van der Waals surface area contributed by atoms with Gasteiger partial charge < -0.3 is 15.9 Å². The topological polar surface area (TPSA) is 95.6 Å². The highest BCUT2D eigenvalue weighted by Crippen LogP contribution is 1.91. The summed E-state index contributed by atoms with van der Waals surface area (Å²) in [5.74, 6) is -0.989. The quantitative estimate of drug-likeness (QED) is 0.377. The molecule has 0 fully saturated rings. The van der Waals surface area contributed by atoms with Crippen LogP contribution in [0, 0.1) is 0 Å². The van der Waals surface area contributed by atoms with E-state index in [1.807, 2.05) is 0 Å². The number of hydrogen-bond donors (Lipinski definition) is 4. The fourth-order valence-electron chi connectivity index (χ4n) is 0.736. The van der Waals surface area contributed by atoms with Crippen LogP contribution in [0.25, 0.3) is 0 Å². The largest absolute Gasteiger partial charge is 0.480 e. The Balaban J connectivity index is 3.79. The maximum atomic E-state index is 10.4. The standard InChI is InChI=1S/C6H14N2O3/c1-4(9)8-5(2-3-7)6(10)11/h4-5,8-9H,2-3,7H2,1H3,(H,10,11)/t4-,5+/m0/s1. The number of nitrogens with one attached hydrogen (secondary N) is 1. The van der Waals surface area contributed by atoms with E-state index in [0.29, 0.717) is 6.42 Å². The Labute approximate surface area is 65.2 Å². The van der Waals surface area contributed by atoms with Crippen molar-refractivity contribution in [1.29, 1.82) is 0 Å². The van der Waals surface area contributed by atoms with Crippen molar-refractivity contribution >= 4 is 5.97 Å². The van der Waals surface area contributed by atoms with Crippen LogP contribution in [0.15, 0.2) is 0 Å². The molecule has 0 bridgehead atoms. The van der Waals surface area contributed by atoms with Gasteiger partial charge in [-0.3, -0.25) is 10.1 Å². The second-order valence-corrected chi connectivity index (χ2v) is 2.31. The first-order chi connectivity index (χ1) is 5.07. The monoisotopic (exact) mass is 162 g/mol. The van der Waals surface area contributed by atoms with Crippen LogP contribution >= 0.6 is 0 Å². The number of aliphatic hydroxyl groups is 1. The third kappa shape index (κ3) is 4.72. The number of aliphatic hydroxyl groups excluding tert-OH is 1. The maximum Gasteiger partial charge on any atom is 0.320 e. The summed E-state index contributed by atoms with van der Waals surface area (Å²) in [6, 6.07) is -0.750. The molecule has 0 radical (unpaired) electrons. The Bertz CT molecular complexity index is 127. The first kappa shape index (κ1) is 10.3. The number of hydrogen-bond acceptors (Lipinski definition) is 4. The molecule has 0 unspecified atom stereocenters. The average molecular weight is 162 g/mol. The summed E-state index contributed by atoms with van der Waals surface area (Å²) in [4.78, 5) is 10.4. The van der Waals surface area contributed by atoms with Gasteiger partial charge in [0.2, 0.25) is 0 Å². The zero-order valence-corrected chi connectivity index (χ0v) is 6.45. The third-order valence-electron chi connectivity index (χ3n) is 1.20. The Morgan fingerprint density at radius 1 is 1.73 bits per heavy atom. The molecule has 0 aromatic carbocycles. The second-order valence-electron chi connectivity index (χ2n) is 2.31. The van der Waals surface area contributed by atoms with Crippen LogP contribution in [0.1, 0.15) is 13.3 Å². The molecule has 0 aromatic rings. The molecule has 5 nitrogen and oxygen atoms in total. The van der Waals surface area contributed by atoms with Crippen LogP contribution in [0.3, 0.4) is 0 Å². The molecule has 0 aliphatic heterocycles. The van der Waals surface area contributed by atoms with Crippen LogP contribution in [0.2, 0.25) is 0 Å². The van der Waals surface area contributed by atoms with Crippen molar-refractivity contribution in [3.05, 3.63) is 0 Å². The molecule has 0 aliphatic carbocycles. The van der Waals surface area contributed by atoms with Crippen molar-refractivity contribution in [3.63, 3.8) is 0 Å². The van der Waals surface area contributed by atoms with E-state index in [4.69, 9.17) is 15.9 Å². The first-order valence-electron chi connectivity index (χ1n) is 3.45. The minimum Gasteiger partial charge on any atom is -0.480 e. The summed E-state index contributed by atoms with van der Waals surface area (Å²) in [6.45, 7) is 1.75. The number of nitrogens with two attached hydrogens (primary N) is 1. The highest BCUT2D eigenvalue weighted by Gasteiger charge is 2.16. The van der Waals surface area contributed by atoms with Gasteiger partial charge in [0.1, 0.15) is 12.3 Å². The van der Waals surface area contributed by atoms with Gasteiger partial charge in [-0.2, -0.15) is 0 Å². The molecule has 5 N–H and O–H groups in total. The predicted molar refractivity (Wildman–Crippen MR) is 39.9 cm³/mol. The van der Waals surface area contributed by atoms with Gasteiger partial charge in [0.05, 0.1) is 0 Å². The van der Waals surface area contributed by atoms with Crippen LogP contribution < -0.4 is 11.1 Å². The summed E-state index contributed by atoms with van der Waals surface area (Å²) >= 11 is 0. The molecule has 0 amide bonds. The zero-order valence-electron chi connectivity index (χ0n) is 6.45. The Morgan fingerprint density at radius 2 is 2.27 bits per heavy atom. The highest BCUT2D eigenvalue weighted by atomic mass is 16.4. The fraction of sp³-hybridized carbons (Fsp3) is 0.833. The lowest BCUT2D eigenvalue weighted by molar-refractivity contribution is -0.140. The highest BCUT2D eigenvalue weighted by molar-refractivity contribution is 5.73.